The van der Waals surface area contributed by atoms with Crippen LogP contribution in [-0.2, 0) is 16.0 Å². The third kappa shape index (κ3) is 5.02. The molecule has 7 nitrogen and oxygen atoms in total. The van der Waals surface area contributed by atoms with Gasteiger partial charge in [0.25, 0.3) is 5.56 Å². The molecule has 8 heteroatoms. The van der Waals surface area contributed by atoms with E-state index in [1.54, 1.807) is 0 Å². The van der Waals surface area contributed by atoms with Gasteiger partial charge in [0.2, 0.25) is 0 Å². The molecule has 184 valence electrons. The normalized spacial score (nSPS) is 20.1. The molecule has 1 spiro atoms. The Morgan fingerprint density at radius 2 is 2.00 bits per heavy atom. The molecule has 1 saturated heterocycles. The largest absolute Gasteiger partial charge is 0.383 e. The number of aromatic nitrogens is 1. The molecule has 0 amide bonds. The van der Waals surface area contributed by atoms with Crippen molar-refractivity contribution in [1.29, 1.82) is 0 Å². The van der Waals surface area contributed by atoms with Crippen LogP contribution in [0.15, 0.2) is 28.0 Å². The summed E-state index contributed by atoms with van der Waals surface area (Å²) >= 11 is 6.57. The second kappa shape index (κ2) is 10.1. The van der Waals surface area contributed by atoms with Gasteiger partial charge in [-0.1, -0.05) is 11.6 Å². The van der Waals surface area contributed by atoms with E-state index < -0.39 is 5.79 Å². The van der Waals surface area contributed by atoms with E-state index in [9.17, 15) is 4.79 Å². The molecule has 1 atom stereocenters. The Morgan fingerprint density at radius 3 is 2.68 bits per heavy atom. The first-order chi connectivity index (χ1) is 16.2. The van der Waals surface area contributed by atoms with Crippen LogP contribution in [0.25, 0.3) is 0 Å². The fourth-order valence-corrected chi connectivity index (χ4v) is 5.59. The van der Waals surface area contributed by atoms with Crippen molar-refractivity contribution in [2.45, 2.75) is 71.8 Å². The zero-order valence-corrected chi connectivity index (χ0v) is 21.3. The van der Waals surface area contributed by atoms with Crippen LogP contribution < -0.4 is 16.2 Å². The lowest BCUT2D eigenvalue weighted by Crippen LogP contribution is -2.47. The average molecular weight is 487 g/mol. The molecule has 2 aliphatic rings. The van der Waals surface area contributed by atoms with Gasteiger partial charge in [-0.25, -0.2) is 0 Å². The Morgan fingerprint density at radius 1 is 1.26 bits per heavy atom. The zero-order valence-electron chi connectivity index (χ0n) is 20.5. The molecule has 4 rings (SSSR count). The molecule has 1 aliphatic heterocycles. The third-order valence-electron chi connectivity index (χ3n) is 7.07. The highest BCUT2D eigenvalue weighted by Gasteiger charge is 2.43. The highest BCUT2D eigenvalue weighted by molar-refractivity contribution is 6.31. The van der Waals surface area contributed by atoms with E-state index in [0.29, 0.717) is 29.6 Å². The predicted molar refractivity (Wildman–Crippen MR) is 137 cm³/mol. The maximum Gasteiger partial charge on any atom is 0.253 e. The molecule has 2 fully saturated rings. The minimum atomic E-state index is -0.453. The molecule has 2 heterocycles. The molecule has 3 N–H and O–H groups in total. The Hall–Kier alpha value is -2.35. The number of amidine groups is 1. The van der Waals surface area contributed by atoms with Crippen LogP contribution >= 0.6 is 11.6 Å². The van der Waals surface area contributed by atoms with Crippen LogP contribution in [0.3, 0.4) is 0 Å². The summed E-state index contributed by atoms with van der Waals surface area (Å²) in [5, 5.41) is 0.607. The molecular weight excluding hydrogens is 452 g/mol. The van der Waals surface area contributed by atoms with Crippen LogP contribution in [0.4, 0.5) is 5.69 Å². The van der Waals surface area contributed by atoms with Crippen molar-refractivity contribution in [1.82, 2.24) is 4.98 Å². The summed E-state index contributed by atoms with van der Waals surface area (Å²) in [5.41, 5.74) is 11.5. The minimum absolute atomic E-state index is 0.128. The van der Waals surface area contributed by atoms with Gasteiger partial charge < -0.3 is 25.1 Å². The minimum Gasteiger partial charge on any atom is -0.383 e. The number of anilines is 1. The molecule has 0 radical (unpaired) electrons. The zero-order chi connectivity index (χ0) is 24.5. The van der Waals surface area contributed by atoms with Gasteiger partial charge in [0.05, 0.1) is 19.8 Å². The fraction of sp³-hybridized carbons (Fsp3) is 0.538. The summed E-state index contributed by atoms with van der Waals surface area (Å²) in [5.74, 6) is -0.0790. The molecule has 2 aromatic rings. The Balaban J connectivity index is 1.63. The first kappa shape index (κ1) is 24.8. The average Bonchev–Trinajstić information content (AvgIpc) is 3.22. The molecule has 1 unspecified atom stereocenters. The lowest BCUT2D eigenvalue weighted by Gasteiger charge is -2.42. The predicted octanol–water partition coefficient (Wildman–Crippen LogP) is 4.37. The van der Waals surface area contributed by atoms with Gasteiger partial charge in [0.15, 0.2) is 5.79 Å². The number of rotatable bonds is 6. The Bertz CT molecular complexity index is 1140. The van der Waals surface area contributed by atoms with E-state index in [1.807, 2.05) is 32.0 Å². The third-order valence-corrected chi connectivity index (χ3v) is 7.29. The monoisotopic (exact) mass is 486 g/mol. The van der Waals surface area contributed by atoms with Crippen LogP contribution in [0, 0.1) is 20.8 Å². The van der Waals surface area contributed by atoms with Crippen molar-refractivity contribution in [2.75, 3.05) is 24.7 Å². The van der Waals surface area contributed by atoms with Crippen molar-refractivity contribution in [2.24, 2.45) is 10.7 Å². The molecular formula is C26H35ClN4O3. The second-order valence-electron chi connectivity index (χ2n) is 9.39. The van der Waals surface area contributed by atoms with Crippen LogP contribution in [0.5, 0.6) is 0 Å². The molecule has 1 saturated carbocycles. The number of pyridine rings is 1. The van der Waals surface area contributed by atoms with E-state index in [4.69, 9.17) is 26.8 Å². The van der Waals surface area contributed by atoms with Crippen molar-refractivity contribution in [3.05, 3.63) is 61.5 Å². The summed E-state index contributed by atoms with van der Waals surface area (Å²) in [6.45, 7) is 10.4. The van der Waals surface area contributed by atoms with Crippen LogP contribution in [0.2, 0.25) is 5.02 Å². The summed E-state index contributed by atoms with van der Waals surface area (Å²) in [7, 11) is 0. The van der Waals surface area contributed by atoms with Gasteiger partial charge in [-0.2, -0.15) is 0 Å². The van der Waals surface area contributed by atoms with E-state index >= 15 is 0 Å². The van der Waals surface area contributed by atoms with Crippen LogP contribution in [0.1, 0.15) is 60.6 Å². The quantitative estimate of drug-likeness (QED) is 0.467. The number of aromatic amines is 1. The number of ether oxygens (including phenoxy) is 2. The highest BCUT2D eigenvalue weighted by Crippen LogP contribution is 2.40. The van der Waals surface area contributed by atoms with Gasteiger partial charge in [-0.3, -0.25) is 9.79 Å². The highest BCUT2D eigenvalue weighted by atomic mass is 35.5. The first-order valence-electron chi connectivity index (χ1n) is 12.1. The standard InChI is InChI=1S/C26H35ClN4O3/c1-5-31(20-7-6-8-26(14-20)33-9-10-34-26)23-13-19(27)12-21(18(23)4)24(28)29-15-22-16(2)11-17(3)30-25(22)32/h11-13,20H,5-10,14-15H2,1-4H3,(H2,28,29)(H,30,32). The number of hydrogen-bond donors (Lipinski definition) is 2. The van der Waals surface area contributed by atoms with Gasteiger partial charge in [0, 0.05) is 53.0 Å². The number of halogens is 1. The Labute approximate surface area is 206 Å². The van der Waals surface area contributed by atoms with E-state index in [0.717, 1.165) is 60.3 Å². The van der Waals surface area contributed by atoms with Gasteiger partial charge in [-0.05, 0) is 69.9 Å². The number of aliphatic imine (C=N–C) groups is 1. The number of nitrogens with one attached hydrogen (secondary N) is 1. The Kier molecular flexibility index (Phi) is 7.36. The maximum atomic E-state index is 12.4. The smallest absolute Gasteiger partial charge is 0.253 e. The van der Waals surface area contributed by atoms with Crippen molar-refractivity contribution in [3.63, 3.8) is 0 Å². The van der Waals surface area contributed by atoms with Crippen LogP contribution in [-0.4, -0.2) is 42.4 Å². The van der Waals surface area contributed by atoms with Gasteiger partial charge in [-0.15, -0.1) is 0 Å². The van der Waals surface area contributed by atoms with Gasteiger partial charge in [0.1, 0.15) is 5.84 Å². The lowest BCUT2D eigenvalue weighted by molar-refractivity contribution is -0.180. The number of benzene rings is 1. The molecule has 1 aliphatic carbocycles. The number of hydrogen-bond acceptors (Lipinski definition) is 5. The lowest BCUT2D eigenvalue weighted by atomic mass is 9.88. The van der Waals surface area contributed by atoms with E-state index in [1.165, 1.54) is 0 Å². The number of aryl methyl sites for hydroxylation is 2. The molecule has 0 bridgehead atoms. The molecule has 1 aromatic carbocycles. The summed E-state index contributed by atoms with van der Waals surface area (Å²) in [6.07, 6.45) is 3.91. The SMILES string of the molecule is CCN(c1cc(Cl)cc(C(N)=NCc2c(C)cc(C)[nH]c2=O)c1C)C1CCCC2(C1)OCCO2. The maximum absolute atomic E-state index is 12.4. The second-order valence-corrected chi connectivity index (χ2v) is 9.82. The number of H-pyrrole nitrogens is 1. The summed E-state index contributed by atoms with van der Waals surface area (Å²) in [6, 6.07) is 6.09. The van der Waals surface area contributed by atoms with E-state index in [2.05, 4.69) is 28.7 Å². The molecule has 34 heavy (non-hydrogen) atoms. The van der Waals surface area contributed by atoms with Crippen molar-refractivity contribution < 1.29 is 9.47 Å². The van der Waals surface area contributed by atoms with Crippen molar-refractivity contribution >= 4 is 23.1 Å². The first-order valence-corrected chi connectivity index (χ1v) is 12.4. The number of nitrogens with two attached hydrogens (primary N) is 1. The summed E-state index contributed by atoms with van der Waals surface area (Å²) < 4.78 is 12.0. The van der Waals surface area contributed by atoms with E-state index in [-0.39, 0.29) is 18.1 Å². The van der Waals surface area contributed by atoms with Crippen molar-refractivity contribution in [3.8, 4) is 0 Å². The number of nitrogens with zero attached hydrogens (tertiary/aromatic N) is 2. The fourth-order valence-electron chi connectivity index (χ4n) is 5.38. The van der Waals surface area contributed by atoms with Gasteiger partial charge >= 0.3 is 0 Å². The summed E-state index contributed by atoms with van der Waals surface area (Å²) in [4.78, 5) is 22.2. The molecule has 1 aromatic heterocycles. The topological polar surface area (TPSA) is 92.9 Å².